The summed E-state index contributed by atoms with van der Waals surface area (Å²) in [6.07, 6.45) is -5.48. The molecular weight excluding hydrogens is 217 g/mol. The van der Waals surface area contributed by atoms with Crippen molar-refractivity contribution in [2.24, 2.45) is 0 Å². The first kappa shape index (κ1) is 11.5. The molecule has 1 aromatic rings. The van der Waals surface area contributed by atoms with E-state index in [9.17, 15) is 18.0 Å². The molecule has 0 aliphatic heterocycles. The Kier molecular flexibility index (Phi) is 2.96. The van der Waals surface area contributed by atoms with Crippen molar-refractivity contribution in [2.45, 2.75) is 25.4 Å². The largest absolute Gasteiger partial charge is 0.475 e. The summed E-state index contributed by atoms with van der Waals surface area (Å²) in [5.74, 6) is -3.46. The van der Waals surface area contributed by atoms with Crippen LogP contribution >= 0.6 is 0 Å². The second-order valence-electron chi connectivity index (χ2n) is 2.98. The van der Waals surface area contributed by atoms with E-state index in [4.69, 9.17) is 5.11 Å². The summed E-state index contributed by atoms with van der Waals surface area (Å²) in [7, 11) is 0. The lowest BCUT2D eigenvalue weighted by Crippen LogP contribution is -2.12. The molecule has 0 bridgehead atoms. The van der Waals surface area contributed by atoms with Crippen molar-refractivity contribution in [1.29, 1.82) is 0 Å². The lowest BCUT2D eigenvalue weighted by molar-refractivity contribution is -0.139. The molecule has 1 unspecified atom stereocenters. The molecule has 0 aromatic carbocycles. The average molecular weight is 224 g/mol. The molecule has 1 atom stereocenters. The first-order valence-electron chi connectivity index (χ1n) is 3.93. The summed E-state index contributed by atoms with van der Waals surface area (Å²) < 4.78 is 40.2. The molecule has 1 N–H and O–H groups in total. The van der Waals surface area contributed by atoms with E-state index in [2.05, 4.69) is 14.7 Å². The van der Waals surface area contributed by atoms with Gasteiger partial charge in [-0.1, -0.05) is 6.92 Å². The molecule has 0 fully saturated rings. The van der Waals surface area contributed by atoms with Gasteiger partial charge in [0.05, 0.1) is 6.42 Å². The van der Waals surface area contributed by atoms with Crippen LogP contribution in [0.2, 0.25) is 0 Å². The van der Waals surface area contributed by atoms with Crippen LogP contribution in [-0.4, -0.2) is 27.4 Å². The normalized spacial score (nSPS) is 13.9. The smallest absolute Gasteiger partial charge is 0.389 e. The van der Waals surface area contributed by atoms with Gasteiger partial charge in [-0.3, -0.25) is 0 Å². The van der Waals surface area contributed by atoms with Crippen molar-refractivity contribution >= 4 is 5.97 Å². The van der Waals surface area contributed by atoms with Gasteiger partial charge < -0.3 is 9.63 Å². The van der Waals surface area contributed by atoms with E-state index in [0.717, 1.165) is 0 Å². The maximum atomic E-state index is 12.0. The minimum absolute atomic E-state index is 0.329. The third-order valence-electron chi connectivity index (χ3n) is 1.59. The Morgan fingerprint density at radius 3 is 2.60 bits per heavy atom. The topological polar surface area (TPSA) is 76.2 Å². The number of carbonyl (C=O) groups is 1. The molecular formula is C7H7F3N2O3. The number of carboxylic acid groups (broad SMARTS) is 1. The van der Waals surface area contributed by atoms with Gasteiger partial charge in [0.2, 0.25) is 5.89 Å². The number of halogens is 3. The molecule has 84 valence electrons. The molecule has 0 saturated heterocycles. The third kappa shape index (κ3) is 3.22. The van der Waals surface area contributed by atoms with Crippen molar-refractivity contribution in [2.75, 3.05) is 0 Å². The molecule has 15 heavy (non-hydrogen) atoms. The molecule has 1 rings (SSSR count). The number of aromatic carboxylic acids is 1. The highest BCUT2D eigenvalue weighted by molar-refractivity contribution is 5.82. The van der Waals surface area contributed by atoms with Gasteiger partial charge in [0.15, 0.2) is 0 Å². The zero-order chi connectivity index (χ0) is 11.6. The van der Waals surface area contributed by atoms with Crippen LogP contribution in [0.4, 0.5) is 13.2 Å². The van der Waals surface area contributed by atoms with Gasteiger partial charge in [0.25, 0.3) is 5.82 Å². The zero-order valence-electron chi connectivity index (χ0n) is 7.58. The Hall–Kier alpha value is -1.60. The summed E-state index contributed by atoms with van der Waals surface area (Å²) >= 11 is 0. The van der Waals surface area contributed by atoms with E-state index in [0.29, 0.717) is 0 Å². The summed E-state index contributed by atoms with van der Waals surface area (Å²) in [6.45, 7) is 1.23. The molecule has 0 amide bonds. The maximum Gasteiger partial charge on any atom is 0.389 e. The first-order valence-corrected chi connectivity index (χ1v) is 3.93. The van der Waals surface area contributed by atoms with Gasteiger partial charge in [0.1, 0.15) is 0 Å². The quantitative estimate of drug-likeness (QED) is 0.847. The van der Waals surface area contributed by atoms with Crippen LogP contribution in [0.5, 0.6) is 0 Å². The predicted molar refractivity (Wildman–Crippen MR) is 40.3 cm³/mol. The van der Waals surface area contributed by atoms with Crippen LogP contribution in [0.15, 0.2) is 4.52 Å². The van der Waals surface area contributed by atoms with Crippen molar-refractivity contribution in [3.63, 3.8) is 0 Å². The van der Waals surface area contributed by atoms with Gasteiger partial charge in [-0.15, -0.1) is 0 Å². The molecule has 0 aliphatic rings. The molecule has 0 saturated carbocycles. The maximum absolute atomic E-state index is 12.0. The highest BCUT2D eigenvalue weighted by Gasteiger charge is 2.33. The predicted octanol–water partition coefficient (Wildman–Crippen LogP) is 1.82. The minimum atomic E-state index is -4.35. The number of aromatic nitrogens is 2. The molecule has 5 nitrogen and oxygen atoms in total. The molecule has 0 radical (unpaired) electrons. The van der Waals surface area contributed by atoms with Crippen LogP contribution in [-0.2, 0) is 0 Å². The second kappa shape index (κ2) is 3.87. The van der Waals surface area contributed by atoms with Crippen LogP contribution in [0.25, 0.3) is 0 Å². The van der Waals surface area contributed by atoms with E-state index in [1.165, 1.54) is 6.92 Å². The van der Waals surface area contributed by atoms with Crippen LogP contribution in [0, 0.1) is 0 Å². The van der Waals surface area contributed by atoms with Gasteiger partial charge in [0, 0.05) is 5.92 Å². The molecule has 1 heterocycles. The number of rotatable bonds is 3. The fourth-order valence-corrected chi connectivity index (χ4v) is 0.957. The molecule has 8 heteroatoms. The van der Waals surface area contributed by atoms with E-state index >= 15 is 0 Å². The second-order valence-corrected chi connectivity index (χ2v) is 2.98. The van der Waals surface area contributed by atoms with Crippen molar-refractivity contribution in [3.05, 3.63) is 11.7 Å². The number of carboxylic acids is 1. The fraction of sp³-hybridized carbons (Fsp3) is 0.571. The number of alkyl halides is 3. The monoisotopic (exact) mass is 224 g/mol. The number of hydrogen-bond donors (Lipinski definition) is 1. The van der Waals surface area contributed by atoms with E-state index in [1.54, 1.807) is 0 Å². The van der Waals surface area contributed by atoms with Crippen LogP contribution in [0.3, 0.4) is 0 Å². The summed E-state index contributed by atoms with van der Waals surface area (Å²) in [5, 5.41) is 11.4. The lowest BCUT2D eigenvalue weighted by Gasteiger charge is -2.09. The summed E-state index contributed by atoms with van der Waals surface area (Å²) in [4.78, 5) is 13.6. The van der Waals surface area contributed by atoms with E-state index in [-0.39, 0.29) is 5.89 Å². The van der Waals surface area contributed by atoms with Crippen molar-refractivity contribution in [3.8, 4) is 0 Å². The first-order chi connectivity index (χ1) is 6.79. The van der Waals surface area contributed by atoms with Gasteiger partial charge in [-0.25, -0.2) is 4.79 Å². The fourth-order valence-electron chi connectivity index (χ4n) is 0.957. The van der Waals surface area contributed by atoms with E-state index in [1.807, 2.05) is 0 Å². The number of hydrogen-bond acceptors (Lipinski definition) is 4. The van der Waals surface area contributed by atoms with Gasteiger partial charge in [-0.2, -0.15) is 18.2 Å². The Morgan fingerprint density at radius 1 is 1.60 bits per heavy atom. The van der Waals surface area contributed by atoms with Gasteiger partial charge >= 0.3 is 12.1 Å². The third-order valence-corrected chi connectivity index (χ3v) is 1.59. The molecule has 0 aliphatic carbocycles. The Labute approximate surface area is 81.9 Å². The minimum Gasteiger partial charge on any atom is -0.475 e. The number of nitrogens with zero attached hydrogens (tertiary/aromatic N) is 2. The highest BCUT2D eigenvalue weighted by atomic mass is 19.4. The standard InChI is InChI=1S/C7H7F3N2O3/c1-3(2-7(8,9)10)5-11-4(6(13)14)12-15-5/h3H,2H2,1H3,(H,13,14). The Morgan fingerprint density at radius 2 is 2.20 bits per heavy atom. The lowest BCUT2D eigenvalue weighted by atomic mass is 10.1. The summed E-state index contributed by atoms with van der Waals surface area (Å²) in [5.41, 5.74) is 0. The zero-order valence-corrected chi connectivity index (χ0v) is 7.58. The highest BCUT2D eigenvalue weighted by Crippen LogP contribution is 2.29. The summed E-state index contributed by atoms with van der Waals surface area (Å²) in [6, 6.07) is 0. The van der Waals surface area contributed by atoms with Gasteiger partial charge in [-0.05, 0) is 5.16 Å². The average Bonchev–Trinajstić information content (AvgIpc) is 2.47. The van der Waals surface area contributed by atoms with Crippen LogP contribution < -0.4 is 0 Å². The Bertz CT molecular complexity index is 361. The Balaban J connectivity index is 2.74. The van der Waals surface area contributed by atoms with Crippen LogP contribution in [0.1, 0.15) is 35.8 Å². The van der Waals surface area contributed by atoms with Crippen molar-refractivity contribution in [1.82, 2.24) is 10.1 Å². The van der Waals surface area contributed by atoms with Crippen molar-refractivity contribution < 1.29 is 27.6 Å². The SMILES string of the molecule is CC(CC(F)(F)F)c1nc(C(=O)O)no1. The molecule has 0 spiro atoms. The molecule has 1 aromatic heterocycles. The van der Waals surface area contributed by atoms with E-state index < -0.39 is 30.3 Å².